The Morgan fingerprint density at radius 3 is 2.76 bits per heavy atom. The van der Waals surface area contributed by atoms with Crippen molar-refractivity contribution in [2.24, 2.45) is 0 Å². The van der Waals surface area contributed by atoms with E-state index in [1.165, 1.54) is 18.4 Å². The van der Waals surface area contributed by atoms with E-state index in [0.29, 0.717) is 17.0 Å². The lowest BCUT2D eigenvalue weighted by Gasteiger charge is -2.14. The quantitative estimate of drug-likeness (QED) is 0.360. The van der Waals surface area contributed by atoms with E-state index in [4.69, 9.17) is 4.42 Å². The summed E-state index contributed by atoms with van der Waals surface area (Å²) < 4.78 is 56.9. The highest BCUT2D eigenvalue weighted by Gasteiger charge is 2.37. The van der Waals surface area contributed by atoms with Crippen molar-refractivity contribution in [1.29, 1.82) is 0 Å². The molecule has 0 aliphatic rings. The zero-order valence-electron chi connectivity index (χ0n) is 14.9. The number of thioether (sulfide) groups is 1. The van der Waals surface area contributed by atoms with Gasteiger partial charge in [-0.15, -0.1) is 10.2 Å². The van der Waals surface area contributed by atoms with Gasteiger partial charge < -0.3 is 8.97 Å². The van der Waals surface area contributed by atoms with E-state index < -0.39 is 22.9 Å². The molecule has 2 aromatic heterocycles. The molecule has 0 saturated carbocycles. The monoisotopic (exact) mass is 438 g/mol. The predicted molar refractivity (Wildman–Crippen MR) is 103 cm³/mol. The van der Waals surface area contributed by atoms with Crippen LogP contribution in [0.1, 0.15) is 11.1 Å². The zero-order valence-corrected chi connectivity index (χ0v) is 16.5. The second-order valence-corrected chi connectivity index (χ2v) is 8.39. The Morgan fingerprint density at radius 1 is 1.17 bits per heavy atom. The van der Waals surface area contributed by atoms with Crippen molar-refractivity contribution in [2.45, 2.75) is 22.0 Å². The molecular weight excluding hydrogens is 425 g/mol. The molecule has 0 amide bonds. The average molecular weight is 438 g/mol. The summed E-state index contributed by atoms with van der Waals surface area (Å²) in [4.78, 5) is -0.235. The van der Waals surface area contributed by atoms with Crippen LogP contribution < -0.4 is 0 Å². The molecule has 0 spiro atoms. The highest BCUT2D eigenvalue weighted by atomic mass is 32.2. The summed E-state index contributed by atoms with van der Waals surface area (Å²) in [7, 11) is 0. The summed E-state index contributed by atoms with van der Waals surface area (Å²) in [5, 5.41) is 15.9. The smallest absolute Gasteiger partial charge is 0.421 e. The fourth-order valence-corrected chi connectivity index (χ4v) is 4.19. The van der Waals surface area contributed by atoms with Crippen molar-refractivity contribution in [1.82, 2.24) is 20.4 Å². The van der Waals surface area contributed by atoms with Crippen LogP contribution in [0.3, 0.4) is 0 Å². The Hall–Kier alpha value is -2.50. The molecule has 1 atom stereocenters. The van der Waals surface area contributed by atoms with Gasteiger partial charge >= 0.3 is 6.18 Å². The molecule has 0 fully saturated rings. The van der Waals surface area contributed by atoms with Gasteiger partial charge in [0.25, 0.3) is 5.22 Å². The van der Waals surface area contributed by atoms with Gasteiger partial charge in [0.05, 0.1) is 11.7 Å². The number of halogens is 3. The van der Waals surface area contributed by atoms with Gasteiger partial charge in [0.15, 0.2) is 4.90 Å². The highest BCUT2D eigenvalue weighted by Crippen LogP contribution is 2.36. The molecular formula is C18H13F3N4O2S2. The van der Waals surface area contributed by atoms with E-state index in [9.17, 15) is 17.7 Å². The maximum Gasteiger partial charge on any atom is 0.421 e. The van der Waals surface area contributed by atoms with Gasteiger partial charge in [-0.3, -0.25) is 5.10 Å². The molecule has 1 N–H and O–H groups in total. The van der Waals surface area contributed by atoms with Crippen LogP contribution in [0.4, 0.5) is 13.2 Å². The number of nitrogens with zero attached hydrogens (tertiary/aromatic N) is 3. The number of alkyl halides is 3. The molecule has 4 rings (SSSR count). The number of rotatable bonds is 5. The van der Waals surface area contributed by atoms with Crippen LogP contribution in [0.2, 0.25) is 0 Å². The standard InChI is InChI=1S/C18H13F3N4O2S2/c1-29(26)15-5-2-10(6-13(15)18(19,20)21)9-28-17-25-24-16(27-17)11-3-4-14-12(7-11)8-22-23-14/h2-8H,9H2,1H3,(H,22,23). The number of nitrogens with one attached hydrogen (secondary N) is 1. The molecule has 2 aromatic carbocycles. The second kappa shape index (κ2) is 7.73. The highest BCUT2D eigenvalue weighted by molar-refractivity contribution is 7.98. The van der Waals surface area contributed by atoms with Gasteiger partial charge in [0.1, 0.15) is 11.8 Å². The van der Waals surface area contributed by atoms with Crippen LogP contribution in [0.5, 0.6) is 0 Å². The molecule has 29 heavy (non-hydrogen) atoms. The molecule has 1 unspecified atom stereocenters. The van der Waals surface area contributed by atoms with E-state index >= 15 is 0 Å². The van der Waals surface area contributed by atoms with E-state index in [0.717, 1.165) is 28.7 Å². The number of benzene rings is 2. The van der Waals surface area contributed by atoms with Gasteiger partial charge in [-0.05, 0) is 47.1 Å². The number of hydrogen-bond donors (Lipinski definition) is 1. The van der Waals surface area contributed by atoms with Crippen molar-refractivity contribution in [2.75, 3.05) is 6.26 Å². The number of H-pyrrole nitrogens is 1. The second-order valence-electron chi connectivity index (χ2n) is 6.12. The minimum atomic E-state index is -4.58. The van der Waals surface area contributed by atoms with Gasteiger partial charge in [0, 0.05) is 16.7 Å². The van der Waals surface area contributed by atoms with Crippen LogP contribution in [-0.2, 0) is 23.1 Å². The molecule has 150 valence electrons. The third-order valence-electron chi connectivity index (χ3n) is 4.11. The first-order valence-electron chi connectivity index (χ1n) is 8.24. The molecule has 0 saturated heterocycles. The Kier molecular flexibility index (Phi) is 5.28. The third-order valence-corrected chi connectivity index (χ3v) is 5.98. The van der Waals surface area contributed by atoms with E-state index in [-0.39, 0.29) is 15.9 Å². The topological polar surface area (TPSA) is 90.7 Å². The first-order chi connectivity index (χ1) is 13.8. The SMILES string of the molecule is C[S+]([O-])c1ccc(CSc2nnc(-c3ccc4[nH]ncc4c3)o2)cc1C(F)(F)F. The van der Waals surface area contributed by atoms with Crippen LogP contribution >= 0.6 is 11.8 Å². The lowest BCUT2D eigenvalue weighted by atomic mass is 10.1. The van der Waals surface area contributed by atoms with Crippen molar-refractivity contribution in [3.8, 4) is 11.5 Å². The first-order valence-corrected chi connectivity index (χ1v) is 10.8. The fourth-order valence-electron chi connectivity index (χ4n) is 2.74. The number of aromatic nitrogens is 4. The summed E-state index contributed by atoms with van der Waals surface area (Å²) >= 11 is -0.609. The minimum absolute atomic E-state index is 0.197. The van der Waals surface area contributed by atoms with Crippen LogP contribution in [0, 0.1) is 0 Å². The van der Waals surface area contributed by atoms with Crippen LogP contribution in [0.15, 0.2) is 57.1 Å². The molecule has 6 nitrogen and oxygen atoms in total. The van der Waals surface area contributed by atoms with E-state index in [2.05, 4.69) is 20.4 Å². The van der Waals surface area contributed by atoms with Crippen molar-refractivity contribution >= 4 is 33.8 Å². The largest absolute Gasteiger partial charge is 0.612 e. The van der Waals surface area contributed by atoms with E-state index in [1.54, 1.807) is 6.20 Å². The summed E-state index contributed by atoms with van der Waals surface area (Å²) in [6.45, 7) is 0. The molecule has 2 heterocycles. The van der Waals surface area contributed by atoms with Gasteiger partial charge in [-0.1, -0.05) is 17.8 Å². The summed E-state index contributed by atoms with van der Waals surface area (Å²) in [6.07, 6.45) is -1.68. The van der Waals surface area contributed by atoms with Crippen molar-refractivity contribution in [3.05, 3.63) is 53.7 Å². The van der Waals surface area contributed by atoms with Crippen molar-refractivity contribution in [3.63, 3.8) is 0 Å². The van der Waals surface area contributed by atoms with Crippen LogP contribution in [-0.4, -0.2) is 31.2 Å². The summed E-state index contributed by atoms with van der Waals surface area (Å²) in [5.41, 5.74) is 1.11. The van der Waals surface area contributed by atoms with Gasteiger partial charge in [-0.25, -0.2) is 0 Å². The Morgan fingerprint density at radius 2 is 2.00 bits per heavy atom. The molecule has 0 aliphatic heterocycles. The van der Waals surface area contributed by atoms with Gasteiger partial charge in [0.2, 0.25) is 5.89 Å². The molecule has 11 heteroatoms. The summed E-state index contributed by atoms with van der Waals surface area (Å²) in [6, 6.07) is 9.26. The zero-order chi connectivity index (χ0) is 20.6. The molecule has 0 bridgehead atoms. The molecule has 0 radical (unpaired) electrons. The Labute approximate surface area is 170 Å². The number of fused-ring (bicyclic) bond motifs is 1. The normalized spacial score (nSPS) is 13.1. The predicted octanol–water partition coefficient (Wildman–Crippen LogP) is 4.66. The lowest BCUT2D eigenvalue weighted by Crippen LogP contribution is -2.13. The maximum absolute atomic E-state index is 13.2. The van der Waals surface area contributed by atoms with Gasteiger partial charge in [-0.2, -0.15) is 18.3 Å². The number of hydrogen-bond acceptors (Lipinski definition) is 6. The lowest BCUT2D eigenvalue weighted by molar-refractivity contribution is -0.139. The number of aromatic amines is 1. The minimum Gasteiger partial charge on any atom is -0.612 e. The Balaban J connectivity index is 1.51. The molecule has 4 aromatic rings. The third kappa shape index (κ3) is 4.26. The Bertz CT molecular complexity index is 1160. The average Bonchev–Trinajstić information content (AvgIpc) is 3.34. The summed E-state index contributed by atoms with van der Waals surface area (Å²) in [5.74, 6) is 0.505. The maximum atomic E-state index is 13.2. The van der Waals surface area contributed by atoms with Crippen molar-refractivity contribution < 1.29 is 22.1 Å². The fraction of sp³-hybridized carbons (Fsp3) is 0.167. The first kappa shape index (κ1) is 19.8. The van der Waals surface area contributed by atoms with E-state index in [1.807, 2.05) is 18.2 Å². The van der Waals surface area contributed by atoms with Crippen LogP contribution in [0.25, 0.3) is 22.4 Å². The molecule has 0 aliphatic carbocycles.